The summed E-state index contributed by atoms with van der Waals surface area (Å²) in [4.78, 5) is 34.5. The average molecular weight is 539 g/mol. The molecule has 1 atom stereocenters. The summed E-state index contributed by atoms with van der Waals surface area (Å²) in [6, 6.07) is 1.95. The highest BCUT2D eigenvalue weighted by Gasteiger charge is 2.35. The molecule has 1 saturated heterocycles. The van der Waals surface area contributed by atoms with Gasteiger partial charge in [0.25, 0.3) is 0 Å². The molecule has 1 heterocycles. The lowest BCUT2D eigenvalue weighted by molar-refractivity contribution is -0.275. The number of hydrogen-bond acceptors (Lipinski definition) is 7. The summed E-state index contributed by atoms with van der Waals surface area (Å²) in [6.45, 7) is 1.17. The Morgan fingerprint density at radius 1 is 1.08 bits per heavy atom. The van der Waals surface area contributed by atoms with Gasteiger partial charge >= 0.3 is 12.3 Å². The number of amides is 2. The minimum atomic E-state index is -5.17. The third-order valence-corrected chi connectivity index (χ3v) is 6.89. The average Bonchev–Trinajstić information content (AvgIpc) is 2.80. The number of hydrogen-bond donors (Lipinski definition) is 5. The largest absolute Gasteiger partial charge is 0.573 e. The molecule has 1 fully saturated rings. The summed E-state index contributed by atoms with van der Waals surface area (Å²) in [5.74, 6) is -3.10. The van der Waals surface area contributed by atoms with E-state index >= 15 is 0 Å². The Hall–Kier alpha value is -2.91. The highest BCUT2D eigenvalue weighted by molar-refractivity contribution is 7.89. The maximum Gasteiger partial charge on any atom is 0.573 e. The molecule has 0 aliphatic carbocycles. The Morgan fingerprint density at radius 2 is 1.72 bits per heavy atom. The molecule has 15 heteroatoms. The zero-order valence-electron chi connectivity index (χ0n) is 19.3. The molecule has 0 saturated carbocycles. The van der Waals surface area contributed by atoms with Gasteiger partial charge in [0.15, 0.2) is 0 Å². The van der Waals surface area contributed by atoms with Crippen molar-refractivity contribution in [3.05, 3.63) is 24.3 Å². The lowest BCUT2D eigenvalue weighted by Gasteiger charge is -2.22. The number of alkyl halides is 3. The first-order valence-corrected chi connectivity index (χ1v) is 12.7. The fourth-order valence-electron chi connectivity index (χ4n) is 3.53. The van der Waals surface area contributed by atoms with E-state index in [1.54, 1.807) is 4.72 Å². The molecule has 0 radical (unpaired) electrons. The summed E-state index contributed by atoms with van der Waals surface area (Å²) in [7, 11) is -4.77. The van der Waals surface area contributed by atoms with Gasteiger partial charge in [-0.1, -0.05) is 12.1 Å². The van der Waals surface area contributed by atoms with E-state index in [-0.39, 0.29) is 18.9 Å². The van der Waals surface area contributed by atoms with E-state index in [0.29, 0.717) is 12.3 Å². The van der Waals surface area contributed by atoms with Crippen LogP contribution in [-0.4, -0.2) is 69.9 Å². The Kier molecular flexibility index (Phi) is 10.9. The second kappa shape index (κ2) is 13.4. The van der Waals surface area contributed by atoms with Crippen molar-refractivity contribution in [1.82, 2.24) is 20.7 Å². The lowest BCUT2D eigenvalue weighted by Crippen LogP contribution is -2.48. The zero-order valence-corrected chi connectivity index (χ0v) is 20.1. The van der Waals surface area contributed by atoms with Crippen molar-refractivity contribution < 1.29 is 45.8 Å². The summed E-state index contributed by atoms with van der Waals surface area (Å²) in [6.07, 6.45) is -2.27. The van der Waals surface area contributed by atoms with Crippen LogP contribution in [0.5, 0.6) is 5.75 Å². The van der Waals surface area contributed by atoms with Crippen LogP contribution in [0.4, 0.5) is 13.2 Å². The molecule has 0 bridgehead atoms. The van der Waals surface area contributed by atoms with E-state index < -0.39 is 51.5 Å². The fraction of sp³-hybridized carbons (Fsp3) is 0.571. The van der Waals surface area contributed by atoms with Gasteiger partial charge in [-0.05, 0) is 50.4 Å². The predicted octanol–water partition coefficient (Wildman–Crippen LogP) is 0.719. The monoisotopic (exact) mass is 538 g/mol. The van der Waals surface area contributed by atoms with Crippen LogP contribution in [0.1, 0.15) is 32.1 Å². The Labute approximate surface area is 206 Å². The molecule has 36 heavy (non-hydrogen) atoms. The molecule has 11 nitrogen and oxygen atoms in total. The van der Waals surface area contributed by atoms with E-state index in [9.17, 15) is 41.1 Å². The number of piperidine rings is 1. The van der Waals surface area contributed by atoms with Crippen molar-refractivity contribution in [3.63, 3.8) is 0 Å². The van der Waals surface area contributed by atoms with Gasteiger partial charge in [0, 0.05) is 25.9 Å². The van der Waals surface area contributed by atoms with Crippen LogP contribution in [0.15, 0.2) is 29.2 Å². The number of para-hydroxylation sites is 1. The van der Waals surface area contributed by atoms with Crippen molar-refractivity contribution in [3.8, 4) is 5.75 Å². The SMILES string of the molecule is O=C(CCC1CCNCC1)NCCC(=O)NC[C@H](NS(=O)(=O)c1ccccc1OC(F)(F)F)C(=O)O. The lowest BCUT2D eigenvalue weighted by atomic mass is 9.93. The van der Waals surface area contributed by atoms with Crippen LogP contribution in [-0.2, 0) is 24.4 Å². The summed E-state index contributed by atoms with van der Waals surface area (Å²) in [5.41, 5.74) is 0. The Balaban J connectivity index is 1.82. The van der Waals surface area contributed by atoms with Crippen LogP contribution in [0.25, 0.3) is 0 Å². The van der Waals surface area contributed by atoms with Gasteiger partial charge in [-0.2, -0.15) is 4.72 Å². The molecule has 1 aliphatic rings. The van der Waals surface area contributed by atoms with Gasteiger partial charge in [-0.15, -0.1) is 13.2 Å². The first kappa shape index (κ1) is 29.3. The number of carboxylic acids is 1. The molecule has 0 unspecified atom stereocenters. The Bertz CT molecular complexity index is 1020. The van der Waals surface area contributed by atoms with Crippen molar-refractivity contribution in [2.24, 2.45) is 5.92 Å². The third kappa shape index (κ3) is 10.4. The standard InChI is InChI=1S/C21H29F3N4O7S/c22-21(23,24)35-16-3-1-2-4-17(16)36(33,34)28-15(20(31)32)13-27-19(30)9-12-26-18(29)6-5-14-7-10-25-11-8-14/h1-4,14-15,25,28H,5-13H2,(H,26,29)(H,27,30)(H,31,32)/t15-/m0/s1. The molecule has 2 rings (SSSR count). The number of nitrogens with one attached hydrogen (secondary N) is 4. The highest BCUT2D eigenvalue weighted by atomic mass is 32.2. The molecule has 1 aromatic rings. The van der Waals surface area contributed by atoms with Crippen LogP contribution in [0.3, 0.4) is 0 Å². The first-order chi connectivity index (χ1) is 16.9. The number of benzene rings is 1. The van der Waals surface area contributed by atoms with Crippen LogP contribution in [0.2, 0.25) is 0 Å². The van der Waals surface area contributed by atoms with E-state index in [4.69, 9.17) is 0 Å². The summed E-state index contributed by atoms with van der Waals surface area (Å²) >= 11 is 0. The van der Waals surface area contributed by atoms with Gasteiger partial charge in [-0.3, -0.25) is 14.4 Å². The minimum absolute atomic E-state index is 0.00249. The second-order valence-electron chi connectivity index (χ2n) is 8.14. The van der Waals surface area contributed by atoms with Crippen LogP contribution in [0, 0.1) is 5.92 Å². The maximum atomic E-state index is 12.6. The molecule has 1 aliphatic heterocycles. The number of carbonyl (C=O) groups excluding carboxylic acids is 2. The van der Waals surface area contributed by atoms with Gasteiger partial charge in [0.2, 0.25) is 21.8 Å². The second-order valence-corrected chi connectivity index (χ2v) is 9.83. The van der Waals surface area contributed by atoms with Crippen molar-refractivity contribution >= 4 is 27.8 Å². The molecular weight excluding hydrogens is 509 g/mol. The van der Waals surface area contributed by atoms with Crippen molar-refractivity contribution in [2.45, 2.75) is 49.4 Å². The quantitative estimate of drug-likeness (QED) is 0.245. The predicted molar refractivity (Wildman–Crippen MR) is 120 cm³/mol. The summed E-state index contributed by atoms with van der Waals surface area (Å²) < 4.78 is 68.3. The number of halogens is 3. The molecular formula is C21H29F3N4O7S. The van der Waals surface area contributed by atoms with Crippen molar-refractivity contribution in [1.29, 1.82) is 0 Å². The van der Waals surface area contributed by atoms with E-state index in [0.717, 1.165) is 56.6 Å². The number of aliphatic carboxylic acids is 1. The first-order valence-electron chi connectivity index (χ1n) is 11.2. The zero-order chi connectivity index (χ0) is 26.8. The van der Waals surface area contributed by atoms with Gasteiger partial charge in [0.1, 0.15) is 16.7 Å². The smallest absolute Gasteiger partial charge is 0.480 e. The van der Waals surface area contributed by atoms with Crippen LogP contribution >= 0.6 is 0 Å². The summed E-state index contributed by atoms with van der Waals surface area (Å²) in [5, 5.41) is 17.4. The molecule has 0 spiro atoms. The number of carboxylic acid groups (broad SMARTS) is 1. The van der Waals surface area contributed by atoms with E-state index in [1.807, 2.05) is 0 Å². The van der Waals surface area contributed by atoms with E-state index in [1.165, 1.54) is 0 Å². The molecule has 0 aromatic heterocycles. The number of carbonyl (C=O) groups is 3. The third-order valence-electron chi connectivity index (χ3n) is 5.38. The topological polar surface area (TPSA) is 163 Å². The van der Waals surface area contributed by atoms with Crippen LogP contribution < -0.4 is 25.4 Å². The van der Waals surface area contributed by atoms with Gasteiger partial charge in [0.05, 0.1) is 0 Å². The number of ether oxygens (including phenoxy) is 1. The van der Waals surface area contributed by atoms with Crippen molar-refractivity contribution in [2.75, 3.05) is 26.2 Å². The van der Waals surface area contributed by atoms with E-state index in [2.05, 4.69) is 20.7 Å². The van der Waals surface area contributed by atoms with Gasteiger partial charge in [-0.25, -0.2) is 8.42 Å². The normalized spacial score (nSPS) is 15.6. The number of rotatable bonds is 13. The molecule has 5 N–H and O–H groups in total. The maximum absolute atomic E-state index is 12.6. The molecule has 202 valence electrons. The fourth-order valence-corrected chi connectivity index (χ4v) is 4.84. The highest BCUT2D eigenvalue weighted by Crippen LogP contribution is 2.29. The Morgan fingerprint density at radius 3 is 2.36 bits per heavy atom. The molecule has 2 amide bonds. The molecule has 1 aromatic carbocycles. The van der Waals surface area contributed by atoms with Gasteiger partial charge < -0.3 is 25.8 Å². The minimum Gasteiger partial charge on any atom is -0.480 e. The number of sulfonamides is 1.